The van der Waals surface area contributed by atoms with Gasteiger partial charge in [0.25, 0.3) is 5.89 Å². The third-order valence-electron chi connectivity index (χ3n) is 6.05. The molecule has 176 valence electrons. The molecule has 0 radical (unpaired) electrons. The van der Waals surface area contributed by atoms with E-state index in [1.807, 2.05) is 24.3 Å². The molecule has 35 heavy (non-hydrogen) atoms. The van der Waals surface area contributed by atoms with Crippen molar-refractivity contribution < 1.29 is 18.1 Å². The Morgan fingerprint density at radius 3 is 2.20 bits per heavy atom. The van der Waals surface area contributed by atoms with E-state index in [0.29, 0.717) is 28.1 Å². The number of allylic oxidation sites excluding steroid dienone is 1. The molecule has 3 aromatic carbocycles. The van der Waals surface area contributed by atoms with Crippen molar-refractivity contribution in [3.63, 3.8) is 0 Å². The van der Waals surface area contributed by atoms with E-state index in [2.05, 4.69) is 22.4 Å². The Hall–Kier alpha value is -4.33. The van der Waals surface area contributed by atoms with Crippen LogP contribution >= 0.6 is 0 Å². The van der Waals surface area contributed by atoms with Gasteiger partial charge in [-0.1, -0.05) is 36.3 Å². The first-order valence-corrected chi connectivity index (χ1v) is 11.2. The zero-order valence-corrected chi connectivity index (χ0v) is 19.1. The van der Waals surface area contributed by atoms with Crippen LogP contribution in [-0.4, -0.2) is 16.2 Å². The molecule has 0 saturated heterocycles. The summed E-state index contributed by atoms with van der Waals surface area (Å²) in [6, 6.07) is 18.4. The van der Waals surface area contributed by atoms with E-state index in [0.717, 1.165) is 12.0 Å². The molecule has 1 atom stereocenters. The molecular formula is C27H22F2N4O2. The second-order valence-corrected chi connectivity index (χ2v) is 8.22. The van der Waals surface area contributed by atoms with Crippen molar-refractivity contribution in [3.8, 4) is 11.4 Å². The van der Waals surface area contributed by atoms with Crippen molar-refractivity contribution in [1.29, 1.82) is 0 Å². The SMILES string of the molecule is CCc1ccc(N2C(=O)NC(c3ccc(F)cc3)C(c3nc(-c4ccc(F)cc4)no3)=C2C)cc1. The normalized spacial score (nSPS) is 15.9. The van der Waals surface area contributed by atoms with Crippen LogP contribution in [0.1, 0.15) is 36.9 Å². The second kappa shape index (κ2) is 9.13. The number of nitrogens with one attached hydrogen (secondary N) is 1. The first-order chi connectivity index (χ1) is 16.9. The highest BCUT2D eigenvalue weighted by molar-refractivity contribution is 6.01. The van der Waals surface area contributed by atoms with Crippen molar-refractivity contribution in [3.05, 3.63) is 107 Å². The molecule has 2 heterocycles. The lowest BCUT2D eigenvalue weighted by molar-refractivity contribution is 0.244. The average molecular weight is 472 g/mol. The molecule has 1 aliphatic heterocycles. The Balaban J connectivity index is 1.63. The maximum absolute atomic E-state index is 13.6. The summed E-state index contributed by atoms with van der Waals surface area (Å²) in [5.41, 5.74) is 4.27. The number of rotatable bonds is 5. The van der Waals surface area contributed by atoms with Gasteiger partial charge in [0.2, 0.25) is 5.82 Å². The van der Waals surface area contributed by atoms with Crippen LogP contribution in [0.2, 0.25) is 0 Å². The van der Waals surface area contributed by atoms with Gasteiger partial charge in [-0.25, -0.2) is 13.6 Å². The van der Waals surface area contributed by atoms with Crippen molar-refractivity contribution in [2.24, 2.45) is 0 Å². The van der Waals surface area contributed by atoms with Gasteiger partial charge in [-0.3, -0.25) is 4.90 Å². The summed E-state index contributed by atoms with van der Waals surface area (Å²) in [5.74, 6) is -0.264. The largest absolute Gasteiger partial charge is 0.334 e. The smallest absolute Gasteiger partial charge is 0.326 e. The minimum Gasteiger partial charge on any atom is -0.334 e. The molecule has 0 bridgehead atoms. The van der Waals surface area contributed by atoms with E-state index in [-0.39, 0.29) is 29.4 Å². The number of benzene rings is 3. The fourth-order valence-corrected chi connectivity index (χ4v) is 4.17. The van der Waals surface area contributed by atoms with Gasteiger partial charge in [0, 0.05) is 11.3 Å². The molecule has 1 aliphatic rings. The third kappa shape index (κ3) is 4.30. The number of nitrogens with zero attached hydrogens (tertiary/aromatic N) is 3. The maximum Gasteiger partial charge on any atom is 0.326 e. The minimum absolute atomic E-state index is 0.200. The summed E-state index contributed by atoms with van der Waals surface area (Å²) in [4.78, 5) is 19.4. The Kier molecular flexibility index (Phi) is 5.86. The quantitative estimate of drug-likeness (QED) is 0.371. The Bertz CT molecular complexity index is 1390. The highest BCUT2D eigenvalue weighted by atomic mass is 19.1. The number of carbonyl (C=O) groups is 1. The van der Waals surface area contributed by atoms with E-state index < -0.39 is 6.04 Å². The van der Waals surface area contributed by atoms with Crippen LogP contribution in [0.15, 0.2) is 83.0 Å². The summed E-state index contributed by atoms with van der Waals surface area (Å²) in [5, 5.41) is 7.07. The van der Waals surface area contributed by atoms with Crippen molar-refractivity contribution in [1.82, 2.24) is 15.5 Å². The molecule has 2 amide bonds. The predicted octanol–water partition coefficient (Wildman–Crippen LogP) is 6.28. The predicted molar refractivity (Wildman–Crippen MR) is 128 cm³/mol. The van der Waals surface area contributed by atoms with Gasteiger partial charge >= 0.3 is 6.03 Å². The van der Waals surface area contributed by atoms with E-state index in [4.69, 9.17) is 4.52 Å². The number of carbonyl (C=O) groups excluding carboxylic acids is 1. The van der Waals surface area contributed by atoms with E-state index >= 15 is 0 Å². The van der Waals surface area contributed by atoms with Crippen LogP contribution in [0.25, 0.3) is 17.0 Å². The van der Waals surface area contributed by atoms with E-state index in [1.165, 1.54) is 24.3 Å². The molecule has 0 fully saturated rings. The van der Waals surface area contributed by atoms with Gasteiger partial charge in [-0.15, -0.1) is 0 Å². The molecular weight excluding hydrogens is 450 g/mol. The Morgan fingerprint density at radius 2 is 1.57 bits per heavy atom. The number of hydrogen-bond acceptors (Lipinski definition) is 4. The number of urea groups is 1. The Labute approximate surface area is 200 Å². The topological polar surface area (TPSA) is 71.3 Å². The molecule has 0 saturated carbocycles. The Morgan fingerprint density at radius 1 is 0.943 bits per heavy atom. The number of aryl methyl sites for hydroxylation is 1. The molecule has 1 N–H and O–H groups in total. The lowest BCUT2D eigenvalue weighted by Gasteiger charge is -2.35. The number of halogens is 2. The summed E-state index contributed by atoms with van der Waals surface area (Å²) >= 11 is 0. The molecule has 1 aromatic heterocycles. The fraction of sp³-hybridized carbons (Fsp3) is 0.148. The van der Waals surface area contributed by atoms with Gasteiger partial charge in [0.1, 0.15) is 11.6 Å². The molecule has 6 nitrogen and oxygen atoms in total. The number of amides is 2. The van der Waals surface area contributed by atoms with E-state index in [9.17, 15) is 13.6 Å². The minimum atomic E-state index is -0.643. The van der Waals surface area contributed by atoms with Gasteiger partial charge < -0.3 is 9.84 Å². The second-order valence-electron chi connectivity index (χ2n) is 8.22. The molecule has 0 spiro atoms. The van der Waals surface area contributed by atoms with Crippen LogP contribution in [0.5, 0.6) is 0 Å². The highest BCUT2D eigenvalue weighted by Gasteiger charge is 2.36. The monoisotopic (exact) mass is 472 g/mol. The average Bonchev–Trinajstić information content (AvgIpc) is 3.35. The van der Waals surface area contributed by atoms with Gasteiger partial charge in [-0.2, -0.15) is 4.98 Å². The highest BCUT2D eigenvalue weighted by Crippen LogP contribution is 2.39. The van der Waals surface area contributed by atoms with Crippen LogP contribution in [0.3, 0.4) is 0 Å². The lowest BCUT2D eigenvalue weighted by atomic mass is 9.94. The molecule has 4 aromatic rings. The van der Waals surface area contributed by atoms with Gasteiger partial charge in [0.05, 0.1) is 17.3 Å². The van der Waals surface area contributed by atoms with Crippen LogP contribution < -0.4 is 10.2 Å². The van der Waals surface area contributed by atoms with Crippen LogP contribution in [0.4, 0.5) is 19.3 Å². The fourth-order valence-electron chi connectivity index (χ4n) is 4.17. The van der Waals surface area contributed by atoms with Crippen LogP contribution in [-0.2, 0) is 6.42 Å². The van der Waals surface area contributed by atoms with E-state index in [1.54, 1.807) is 36.1 Å². The number of hydrogen-bond donors (Lipinski definition) is 1. The summed E-state index contributed by atoms with van der Waals surface area (Å²) < 4.78 is 32.6. The van der Waals surface area contributed by atoms with Crippen molar-refractivity contribution in [2.75, 3.05) is 4.90 Å². The first-order valence-electron chi connectivity index (χ1n) is 11.2. The maximum atomic E-state index is 13.6. The van der Waals surface area contributed by atoms with Crippen molar-refractivity contribution >= 4 is 17.3 Å². The zero-order chi connectivity index (χ0) is 24.5. The molecule has 8 heteroatoms. The van der Waals surface area contributed by atoms with Gasteiger partial charge in [0.15, 0.2) is 0 Å². The lowest BCUT2D eigenvalue weighted by Crippen LogP contribution is -2.46. The summed E-state index contributed by atoms with van der Waals surface area (Å²) in [6.45, 7) is 3.87. The van der Waals surface area contributed by atoms with Gasteiger partial charge in [-0.05, 0) is 73.0 Å². The standard InChI is InChI=1S/C27H22F2N4O2/c1-3-17-4-14-22(15-5-17)33-16(2)23(24(30-27(33)34)18-6-10-20(28)11-7-18)26-31-25(32-35-26)19-8-12-21(29)13-9-19/h4-15,24H,3H2,1-2H3,(H,30,34). The van der Waals surface area contributed by atoms with Crippen molar-refractivity contribution in [2.45, 2.75) is 26.3 Å². The molecule has 1 unspecified atom stereocenters. The number of aromatic nitrogens is 2. The number of anilines is 1. The third-order valence-corrected chi connectivity index (χ3v) is 6.05. The zero-order valence-electron chi connectivity index (χ0n) is 19.1. The first kappa shape index (κ1) is 22.5. The molecule has 0 aliphatic carbocycles. The summed E-state index contributed by atoms with van der Waals surface area (Å²) in [6.07, 6.45) is 0.882. The molecule has 5 rings (SSSR count). The van der Waals surface area contributed by atoms with Crippen LogP contribution in [0, 0.1) is 11.6 Å². The summed E-state index contributed by atoms with van der Waals surface area (Å²) in [7, 11) is 0.